The van der Waals surface area contributed by atoms with Crippen molar-refractivity contribution in [2.45, 2.75) is 13.8 Å². The van der Waals surface area contributed by atoms with Crippen LogP contribution in [0.2, 0.25) is 0 Å². The van der Waals surface area contributed by atoms with Gasteiger partial charge in [0.15, 0.2) is 0 Å². The summed E-state index contributed by atoms with van der Waals surface area (Å²) < 4.78 is 15.6. The number of ether oxygens (including phenoxy) is 2. The Morgan fingerprint density at radius 3 is 1.54 bits per heavy atom. The number of anilines is 4. The largest absolute Gasteiger partial charge is 0.477 e. The Morgan fingerprint density at radius 1 is 0.732 bits per heavy atom. The number of hydrogen-bond acceptors (Lipinski definition) is 12. The molecule has 0 unspecified atom stereocenters. The van der Waals surface area contributed by atoms with Gasteiger partial charge in [-0.2, -0.15) is 30.1 Å². The molecule has 18 heteroatoms. The molecule has 0 spiro atoms. The Morgan fingerprint density at radius 2 is 1.16 bits per heavy atom. The van der Waals surface area contributed by atoms with E-state index in [1.54, 1.807) is 21.8 Å². The fourth-order valence-electron chi connectivity index (χ4n) is 6.88. The first kappa shape index (κ1) is 37.6. The summed E-state index contributed by atoms with van der Waals surface area (Å²) in [6.07, 6.45) is 13.4. The lowest BCUT2D eigenvalue weighted by Gasteiger charge is -2.16. The summed E-state index contributed by atoms with van der Waals surface area (Å²) in [5.41, 5.74) is 2.98. The molecule has 6 aromatic rings. The number of carbonyl (C=O) groups excluding carboxylic acids is 2. The first-order valence-corrected chi connectivity index (χ1v) is 18.4. The number of H-pyrrole nitrogens is 2. The van der Waals surface area contributed by atoms with Gasteiger partial charge >= 0.3 is 0 Å². The molecule has 8 heterocycles. The van der Waals surface area contributed by atoms with E-state index in [1.807, 2.05) is 60.8 Å². The highest BCUT2D eigenvalue weighted by Gasteiger charge is 2.33. The van der Waals surface area contributed by atoms with Gasteiger partial charge in [-0.25, -0.2) is 0 Å². The van der Waals surface area contributed by atoms with E-state index in [2.05, 4.69) is 77.7 Å². The zero-order valence-corrected chi connectivity index (χ0v) is 31.8. The number of amides is 2. The van der Waals surface area contributed by atoms with Gasteiger partial charge in [-0.1, -0.05) is 27.0 Å². The molecule has 0 bridgehead atoms. The van der Waals surface area contributed by atoms with E-state index in [9.17, 15) is 9.59 Å². The van der Waals surface area contributed by atoms with Crippen LogP contribution in [-0.4, -0.2) is 110 Å². The minimum Gasteiger partial charge on any atom is -0.477 e. The molecule has 18 nitrogen and oxygen atoms in total. The SMILES string of the molecule is C=CC(=O)N1C[C@@H](COc2nc(Nc3cnn(C)c3)nc3[nH]ccc23)[C@H](C)C1.C=CC(=O)N1C[C@H](COc2nc(Nc3cnn(C)c3)nc3[nH]ccc23)[C@@H](C)C1. The molecule has 292 valence electrons. The van der Waals surface area contributed by atoms with Crippen LogP contribution in [0.3, 0.4) is 0 Å². The molecule has 4 N–H and O–H groups in total. The molecule has 0 saturated carbocycles. The lowest BCUT2D eigenvalue weighted by atomic mass is 9.99. The standard InChI is InChI=1S/2C19H23N7O2/c2*1-4-16(27)26-8-12(2)13(9-26)11-28-18-15-5-6-20-17(15)23-19(24-18)22-14-7-21-25(3)10-14/h2*4-7,10,12-13H,1,8-9,11H2,2-3H3,(H2,20,22,23,24)/t2*12-,13+/m10/s1. The van der Waals surface area contributed by atoms with Crippen molar-refractivity contribution in [1.82, 2.24) is 59.3 Å². The van der Waals surface area contributed by atoms with E-state index in [4.69, 9.17) is 9.47 Å². The van der Waals surface area contributed by atoms with Crippen LogP contribution < -0.4 is 20.1 Å². The Labute approximate surface area is 323 Å². The summed E-state index contributed by atoms with van der Waals surface area (Å²) in [4.78, 5) is 51.6. The predicted octanol–water partition coefficient (Wildman–Crippen LogP) is 4.19. The lowest BCUT2D eigenvalue weighted by Crippen LogP contribution is -2.27. The number of rotatable bonds is 12. The highest BCUT2D eigenvalue weighted by Crippen LogP contribution is 2.30. The maximum Gasteiger partial charge on any atom is 0.245 e. The number of nitrogens with zero attached hydrogens (tertiary/aromatic N) is 10. The molecule has 4 atom stereocenters. The van der Waals surface area contributed by atoms with Crippen molar-refractivity contribution < 1.29 is 19.1 Å². The Kier molecular flexibility index (Phi) is 11.0. The number of likely N-dealkylation sites (tertiary alicyclic amines) is 2. The molecule has 2 aliphatic heterocycles. The molecule has 0 aliphatic carbocycles. The number of aromatic amines is 2. The topological polar surface area (TPSA) is 202 Å². The summed E-state index contributed by atoms with van der Waals surface area (Å²) >= 11 is 0. The van der Waals surface area contributed by atoms with Crippen LogP contribution in [0.4, 0.5) is 23.3 Å². The lowest BCUT2D eigenvalue weighted by molar-refractivity contribution is -0.126. The molecule has 2 fully saturated rings. The molecule has 6 aromatic heterocycles. The van der Waals surface area contributed by atoms with Crippen molar-refractivity contribution in [2.24, 2.45) is 37.8 Å². The Bertz CT molecular complexity index is 2180. The first-order chi connectivity index (χ1) is 27.1. The third-order valence-corrected chi connectivity index (χ3v) is 10.1. The van der Waals surface area contributed by atoms with Crippen molar-refractivity contribution in [2.75, 3.05) is 50.0 Å². The zero-order valence-electron chi connectivity index (χ0n) is 31.8. The quantitative estimate of drug-likeness (QED) is 0.130. The van der Waals surface area contributed by atoms with E-state index < -0.39 is 0 Å². The van der Waals surface area contributed by atoms with E-state index in [-0.39, 0.29) is 23.7 Å². The number of aryl methyl sites for hydroxylation is 2. The van der Waals surface area contributed by atoms with Crippen LogP contribution in [0.15, 0.2) is 74.6 Å². The van der Waals surface area contributed by atoms with Crippen molar-refractivity contribution in [1.29, 1.82) is 0 Å². The van der Waals surface area contributed by atoms with Gasteiger partial charge in [-0.15, -0.1) is 0 Å². The van der Waals surface area contributed by atoms with Crippen LogP contribution >= 0.6 is 0 Å². The van der Waals surface area contributed by atoms with Crippen LogP contribution in [0.5, 0.6) is 11.8 Å². The van der Waals surface area contributed by atoms with Crippen LogP contribution in [0, 0.1) is 23.7 Å². The third-order valence-electron chi connectivity index (χ3n) is 10.1. The van der Waals surface area contributed by atoms with Gasteiger partial charge < -0.3 is 39.9 Å². The van der Waals surface area contributed by atoms with E-state index in [0.717, 1.165) is 35.2 Å². The van der Waals surface area contributed by atoms with Gasteiger partial charge in [-0.3, -0.25) is 19.0 Å². The summed E-state index contributed by atoms with van der Waals surface area (Å²) in [5.74, 6) is 2.99. The van der Waals surface area contributed by atoms with Crippen molar-refractivity contribution in [3.63, 3.8) is 0 Å². The van der Waals surface area contributed by atoms with Gasteiger partial charge in [-0.05, 0) is 36.1 Å². The normalized spacial score (nSPS) is 19.1. The summed E-state index contributed by atoms with van der Waals surface area (Å²) in [7, 11) is 3.69. The number of hydrogen-bond donors (Lipinski definition) is 4. The van der Waals surface area contributed by atoms with Crippen molar-refractivity contribution in [3.8, 4) is 11.8 Å². The number of carbonyl (C=O) groups is 2. The fraction of sp³-hybridized carbons (Fsp3) is 0.368. The molecule has 2 saturated heterocycles. The molecule has 2 aliphatic rings. The molecule has 56 heavy (non-hydrogen) atoms. The number of nitrogens with one attached hydrogen (secondary N) is 4. The second kappa shape index (κ2) is 16.3. The van der Waals surface area contributed by atoms with E-state index in [0.29, 0.717) is 73.1 Å². The third kappa shape index (κ3) is 8.48. The smallest absolute Gasteiger partial charge is 0.245 e. The van der Waals surface area contributed by atoms with Gasteiger partial charge in [0.1, 0.15) is 11.3 Å². The van der Waals surface area contributed by atoms with Gasteiger partial charge in [0.05, 0.1) is 47.8 Å². The van der Waals surface area contributed by atoms with Crippen LogP contribution in [-0.2, 0) is 23.7 Å². The molecular weight excluding hydrogens is 717 g/mol. The van der Waals surface area contributed by atoms with Gasteiger partial charge in [0, 0.05) is 76.9 Å². The van der Waals surface area contributed by atoms with Crippen molar-refractivity contribution >= 4 is 57.2 Å². The Hall–Kier alpha value is -6.72. The monoisotopic (exact) mass is 762 g/mol. The number of fused-ring (bicyclic) bond motifs is 2. The molecule has 2 amide bonds. The molecule has 0 radical (unpaired) electrons. The van der Waals surface area contributed by atoms with Gasteiger partial charge in [0.25, 0.3) is 0 Å². The van der Waals surface area contributed by atoms with Crippen LogP contribution in [0.1, 0.15) is 13.8 Å². The Balaban J connectivity index is 0.000000172. The summed E-state index contributed by atoms with van der Waals surface area (Å²) in [6, 6.07) is 3.79. The maximum absolute atomic E-state index is 11.9. The molecule has 8 rings (SSSR count). The average Bonchev–Trinajstić information content (AvgIpc) is 4.05. The minimum atomic E-state index is -0.0348. The fourth-order valence-corrected chi connectivity index (χ4v) is 6.88. The van der Waals surface area contributed by atoms with Crippen molar-refractivity contribution in [3.05, 3.63) is 74.6 Å². The average molecular weight is 763 g/mol. The molecule has 0 aromatic carbocycles. The highest BCUT2D eigenvalue weighted by molar-refractivity contribution is 5.88. The first-order valence-electron chi connectivity index (χ1n) is 18.4. The predicted molar refractivity (Wildman–Crippen MR) is 211 cm³/mol. The summed E-state index contributed by atoms with van der Waals surface area (Å²) in [5, 5.41) is 16.2. The van der Waals surface area contributed by atoms with E-state index >= 15 is 0 Å². The van der Waals surface area contributed by atoms with E-state index in [1.165, 1.54) is 12.2 Å². The second-order valence-electron chi connectivity index (χ2n) is 14.2. The van der Waals surface area contributed by atoms with Gasteiger partial charge in [0.2, 0.25) is 35.5 Å². The maximum atomic E-state index is 11.9. The molecular formula is C38H46N14O4. The second-order valence-corrected chi connectivity index (χ2v) is 14.2. The minimum absolute atomic E-state index is 0.0348. The highest BCUT2D eigenvalue weighted by atomic mass is 16.5. The van der Waals surface area contributed by atoms with Crippen LogP contribution in [0.25, 0.3) is 22.1 Å². The number of aromatic nitrogens is 10. The zero-order chi connectivity index (χ0) is 39.3. The summed E-state index contributed by atoms with van der Waals surface area (Å²) in [6.45, 7) is 15.1.